The smallest absolute Gasteiger partial charge is 0.133 e. The number of thiol groups is 2. The summed E-state index contributed by atoms with van der Waals surface area (Å²) in [4.78, 5) is 3.83. The Balaban J connectivity index is 2.25. The van der Waals surface area contributed by atoms with Gasteiger partial charge in [-0.2, -0.15) is 0 Å². The zero-order valence-electron chi connectivity index (χ0n) is 10.6. The highest BCUT2D eigenvalue weighted by Crippen LogP contribution is 2.36. The van der Waals surface area contributed by atoms with Gasteiger partial charge in [0.05, 0.1) is 14.2 Å². The van der Waals surface area contributed by atoms with Crippen molar-refractivity contribution in [1.29, 1.82) is 0 Å². The standard InChI is InChI=1S/C14H14O2S3/c1-15-11-7-9(3-5-13(11)17)19-10-4-6-14(18)12(8-10)16-2/h3-8,17-18H,1-2H3. The van der Waals surface area contributed by atoms with Crippen molar-refractivity contribution >= 4 is 37.0 Å². The molecule has 0 saturated carbocycles. The molecule has 5 heteroatoms. The molecule has 19 heavy (non-hydrogen) atoms. The molecule has 0 bridgehead atoms. The van der Waals surface area contributed by atoms with Crippen molar-refractivity contribution in [3.63, 3.8) is 0 Å². The van der Waals surface area contributed by atoms with E-state index in [1.54, 1.807) is 26.0 Å². The van der Waals surface area contributed by atoms with E-state index in [1.807, 2.05) is 36.4 Å². The summed E-state index contributed by atoms with van der Waals surface area (Å²) in [5.74, 6) is 1.54. The van der Waals surface area contributed by atoms with Gasteiger partial charge in [-0.25, -0.2) is 0 Å². The molecule has 0 amide bonds. The molecule has 0 aliphatic carbocycles. The second-order valence-electron chi connectivity index (χ2n) is 3.77. The van der Waals surface area contributed by atoms with Crippen molar-refractivity contribution in [3.8, 4) is 11.5 Å². The molecule has 0 aromatic heterocycles. The number of hydrogen-bond donors (Lipinski definition) is 2. The summed E-state index contributed by atoms with van der Waals surface area (Å²) in [5, 5.41) is 0. The Bertz CT molecular complexity index is 533. The summed E-state index contributed by atoms with van der Waals surface area (Å²) >= 11 is 10.3. The van der Waals surface area contributed by atoms with Crippen LogP contribution in [0.5, 0.6) is 11.5 Å². The van der Waals surface area contributed by atoms with Crippen LogP contribution in [0.1, 0.15) is 0 Å². The zero-order valence-corrected chi connectivity index (χ0v) is 13.2. The number of hydrogen-bond acceptors (Lipinski definition) is 5. The number of ether oxygens (including phenoxy) is 2. The lowest BCUT2D eigenvalue weighted by atomic mass is 10.3. The van der Waals surface area contributed by atoms with Crippen LogP contribution in [-0.4, -0.2) is 14.2 Å². The molecule has 0 fully saturated rings. The molecule has 0 unspecified atom stereocenters. The molecule has 0 aliphatic rings. The molecule has 0 N–H and O–H groups in total. The van der Waals surface area contributed by atoms with Crippen LogP contribution in [0.2, 0.25) is 0 Å². The largest absolute Gasteiger partial charge is 0.496 e. The topological polar surface area (TPSA) is 18.5 Å². The van der Waals surface area contributed by atoms with Crippen LogP contribution < -0.4 is 9.47 Å². The second-order valence-corrected chi connectivity index (χ2v) is 5.88. The highest BCUT2D eigenvalue weighted by atomic mass is 32.2. The lowest BCUT2D eigenvalue weighted by molar-refractivity contribution is 0.403. The van der Waals surface area contributed by atoms with Crippen molar-refractivity contribution in [1.82, 2.24) is 0 Å². The van der Waals surface area contributed by atoms with Gasteiger partial charge in [-0.05, 0) is 36.4 Å². The molecule has 0 saturated heterocycles. The van der Waals surface area contributed by atoms with Gasteiger partial charge in [0, 0.05) is 19.6 Å². The van der Waals surface area contributed by atoms with Gasteiger partial charge < -0.3 is 9.47 Å². The van der Waals surface area contributed by atoms with Gasteiger partial charge in [-0.3, -0.25) is 0 Å². The monoisotopic (exact) mass is 310 g/mol. The fraction of sp³-hybridized carbons (Fsp3) is 0.143. The van der Waals surface area contributed by atoms with Crippen LogP contribution in [0.25, 0.3) is 0 Å². The molecular weight excluding hydrogens is 296 g/mol. The number of methoxy groups -OCH3 is 2. The van der Waals surface area contributed by atoms with E-state index >= 15 is 0 Å². The molecule has 2 aromatic carbocycles. The SMILES string of the molecule is COc1cc(Sc2ccc(S)c(OC)c2)ccc1S. The minimum absolute atomic E-state index is 0.770. The normalized spacial score (nSPS) is 10.3. The van der Waals surface area contributed by atoms with Crippen molar-refractivity contribution in [2.45, 2.75) is 19.6 Å². The molecule has 0 atom stereocenters. The summed E-state index contributed by atoms with van der Waals surface area (Å²) in [6, 6.07) is 11.8. The summed E-state index contributed by atoms with van der Waals surface area (Å²) in [7, 11) is 3.28. The highest BCUT2D eigenvalue weighted by Gasteiger charge is 2.05. The Morgan fingerprint density at radius 3 is 1.58 bits per heavy atom. The Kier molecular flexibility index (Phi) is 4.96. The van der Waals surface area contributed by atoms with Gasteiger partial charge in [0.15, 0.2) is 0 Å². The van der Waals surface area contributed by atoms with Crippen LogP contribution in [0.15, 0.2) is 56.0 Å². The molecule has 0 radical (unpaired) electrons. The lowest BCUT2D eigenvalue weighted by Gasteiger charge is -2.09. The first-order valence-electron chi connectivity index (χ1n) is 5.56. The van der Waals surface area contributed by atoms with Gasteiger partial charge in [-0.15, -0.1) is 25.3 Å². The fourth-order valence-corrected chi connectivity index (χ4v) is 2.92. The Labute approximate surface area is 128 Å². The summed E-state index contributed by atoms with van der Waals surface area (Å²) in [6.07, 6.45) is 0. The maximum Gasteiger partial charge on any atom is 0.133 e. The predicted octanol–water partition coefficient (Wildman–Crippen LogP) is 4.43. The maximum atomic E-state index is 5.26. The maximum absolute atomic E-state index is 5.26. The quantitative estimate of drug-likeness (QED) is 0.814. The Hall–Kier alpha value is -0.910. The zero-order chi connectivity index (χ0) is 13.8. The van der Waals surface area contributed by atoms with E-state index in [0.29, 0.717) is 0 Å². The first-order chi connectivity index (χ1) is 9.13. The van der Waals surface area contributed by atoms with E-state index in [9.17, 15) is 0 Å². The van der Waals surface area contributed by atoms with E-state index < -0.39 is 0 Å². The van der Waals surface area contributed by atoms with E-state index in [2.05, 4.69) is 25.3 Å². The van der Waals surface area contributed by atoms with Crippen molar-refractivity contribution < 1.29 is 9.47 Å². The van der Waals surface area contributed by atoms with Crippen molar-refractivity contribution in [2.75, 3.05) is 14.2 Å². The molecule has 100 valence electrons. The molecule has 2 nitrogen and oxygen atoms in total. The van der Waals surface area contributed by atoms with E-state index in [-0.39, 0.29) is 0 Å². The highest BCUT2D eigenvalue weighted by molar-refractivity contribution is 7.99. The van der Waals surface area contributed by atoms with Crippen LogP contribution in [-0.2, 0) is 0 Å². The van der Waals surface area contributed by atoms with Gasteiger partial charge in [0.1, 0.15) is 11.5 Å². The Morgan fingerprint density at radius 2 is 1.21 bits per heavy atom. The van der Waals surface area contributed by atoms with Crippen molar-refractivity contribution in [3.05, 3.63) is 36.4 Å². The second kappa shape index (κ2) is 6.50. The summed E-state index contributed by atoms with van der Waals surface area (Å²) in [6.45, 7) is 0. The first-order valence-corrected chi connectivity index (χ1v) is 7.27. The average Bonchev–Trinajstić information content (AvgIpc) is 2.43. The van der Waals surface area contributed by atoms with E-state index in [0.717, 1.165) is 31.1 Å². The van der Waals surface area contributed by atoms with Crippen LogP contribution >= 0.6 is 37.0 Å². The minimum atomic E-state index is 0.770. The predicted molar refractivity (Wildman–Crippen MR) is 84.6 cm³/mol. The van der Waals surface area contributed by atoms with Gasteiger partial charge >= 0.3 is 0 Å². The molecule has 2 aromatic rings. The fourth-order valence-electron chi connectivity index (χ4n) is 1.58. The lowest BCUT2D eigenvalue weighted by Crippen LogP contribution is -1.86. The Morgan fingerprint density at radius 1 is 0.789 bits per heavy atom. The first kappa shape index (κ1) is 14.5. The number of benzene rings is 2. The number of rotatable bonds is 4. The summed E-state index contributed by atoms with van der Waals surface area (Å²) in [5.41, 5.74) is 0. The van der Waals surface area contributed by atoms with Crippen LogP contribution in [0.4, 0.5) is 0 Å². The van der Waals surface area contributed by atoms with Gasteiger partial charge in [0.25, 0.3) is 0 Å². The molecular formula is C14H14O2S3. The molecule has 0 heterocycles. The van der Waals surface area contributed by atoms with E-state index in [1.165, 1.54) is 0 Å². The third-order valence-corrected chi connectivity index (χ3v) is 4.26. The van der Waals surface area contributed by atoms with Crippen molar-refractivity contribution in [2.24, 2.45) is 0 Å². The molecule has 0 aliphatic heterocycles. The van der Waals surface area contributed by atoms with E-state index in [4.69, 9.17) is 9.47 Å². The minimum Gasteiger partial charge on any atom is -0.496 e. The average molecular weight is 310 g/mol. The van der Waals surface area contributed by atoms with Crippen LogP contribution in [0, 0.1) is 0 Å². The summed E-state index contributed by atoms with van der Waals surface area (Å²) < 4.78 is 10.5. The van der Waals surface area contributed by atoms with Gasteiger partial charge in [-0.1, -0.05) is 11.8 Å². The third kappa shape index (κ3) is 3.55. The van der Waals surface area contributed by atoms with Gasteiger partial charge in [0.2, 0.25) is 0 Å². The molecule has 2 rings (SSSR count). The molecule has 0 spiro atoms. The van der Waals surface area contributed by atoms with Crippen LogP contribution in [0.3, 0.4) is 0 Å². The third-order valence-electron chi connectivity index (χ3n) is 2.54.